The van der Waals surface area contributed by atoms with Crippen molar-refractivity contribution in [3.63, 3.8) is 0 Å². The number of carbonyl (C=O) groups excluding carboxylic acids is 1. The number of hydrogen-bond acceptors (Lipinski definition) is 4. The van der Waals surface area contributed by atoms with Crippen molar-refractivity contribution in [2.75, 3.05) is 5.32 Å². The summed E-state index contributed by atoms with van der Waals surface area (Å²) in [5, 5.41) is 4.40. The maximum atomic E-state index is 10.8. The van der Waals surface area contributed by atoms with Gasteiger partial charge >= 0.3 is 0 Å². The molecule has 0 fully saturated rings. The van der Waals surface area contributed by atoms with E-state index >= 15 is 0 Å². The van der Waals surface area contributed by atoms with Gasteiger partial charge in [-0.05, 0) is 24.1 Å². The van der Waals surface area contributed by atoms with Crippen LogP contribution in [0.5, 0.6) is 0 Å². The van der Waals surface area contributed by atoms with E-state index in [1.54, 1.807) is 18.5 Å². The molecule has 26 heavy (non-hydrogen) atoms. The second-order valence-electron chi connectivity index (χ2n) is 6.18. The Morgan fingerprint density at radius 2 is 1.81 bits per heavy atom. The molecule has 5 nitrogen and oxygen atoms in total. The minimum absolute atomic E-state index is 0.125. The zero-order chi connectivity index (χ0) is 17.9. The summed E-state index contributed by atoms with van der Waals surface area (Å²) >= 11 is 0. The summed E-state index contributed by atoms with van der Waals surface area (Å²) in [7, 11) is 0. The van der Waals surface area contributed by atoms with E-state index in [-0.39, 0.29) is 6.04 Å². The molecule has 0 radical (unpaired) electrons. The molecule has 2 heterocycles. The highest BCUT2D eigenvalue weighted by atomic mass is 16.1. The molecule has 0 saturated heterocycles. The van der Waals surface area contributed by atoms with E-state index in [1.165, 1.54) is 5.56 Å². The Balaban J connectivity index is 1.68. The Hall–Kier alpha value is -3.47. The Kier molecular flexibility index (Phi) is 4.19. The van der Waals surface area contributed by atoms with E-state index in [2.05, 4.69) is 39.3 Å². The largest absolute Gasteiger partial charge is 0.363 e. The Morgan fingerprint density at radius 3 is 2.54 bits per heavy atom. The highest BCUT2D eigenvalue weighted by Crippen LogP contribution is 2.28. The fraction of sp³-hybridized carbons (Fsp3) is 0.0952. The molecule has 0 amide bonds. The molecule has 4 rings (SSSR count). The number of anilines is 1. The van der Waals surface area contributed by atoms with Crippen LogP contribution in [0.4, 0.5) is 5.82 Å². The molecular weight excluding hydrogens is 324 g/mol. The van der Waals surface area contributed by atoms with Gasteiger partial charge in [-0.15, -0.1) is 0 Å². The molecule has 1 atom stereocenters. The first kappa shape index (κ1) is 16.0. The van der Waals surface area contributed by atoms with Gasteiger partial charge in [-0.3, -0.25) is 4.79 Å². The quantitative estimate of drug-likeness (QED) is 0.520. The van der Waals surface area contributed by atoms with Gasteiger partial charge in [0.1, 0.15) is 24.1 Å². The molecule has 0 aliphatic rings. The molecule has 0 spiro atoms. The minimum atomic E-state index is 0.125. The van der Waals surface area contributed by atoms with Crippen LogP contribution in [-0.4, -0.2) is 21.2 Å². The molecule has 5 heteroatoms. The summed E-state index contributed by atoms with van der Waals surface area (Å²) in [5.41, 5.74) is 4.56. The number of benzene rings is 2. The number of aromatic nitrogens is 3. The summed E-state index contributed by atoms with van der Waals surface area (Å²) in [5.74, 6) is 0.790. The number of nitrogens with one attached hydrogen (secondary N) is 2. The van der Waals surface area contributed by atoms with Crippen LogP contribution in [0.1, 0.15) is 28.9 Å². The van der Waals surface area contributed by atoms with E-state index < -0.39 is 0 Å². The first-order valence-corrected chi connectivity index (χ1v) is 8.45. The minimum Gasteiger partial charge on any atom is -0.363 e. The van der Waals surface area contributed by atoms with Crippen LogP contribution in [0, 0.1) is 0 Å². The van der Waals surface area contributed by atoms with Crippen molar-refractivity contribution in [3.05, 3.63) is 78.1 Å². The summed E-state index contributed by atoms with van der Waals surface area (Å²) in [6, 6.07) is 19.8. The smallest absolute Gasteiger partial charge is 0.150 e. The molecule has 4 aromatic rings. The average Bonchev–Trinajstić information content (AvgIpc) is 3.14. The van der Waals surface area contributed by atoms with Crippen molar-refractivity contribution < 1.29 is 4.79 Å². The first-order chi connectivity index (χ1) is 12.7. The normalized spacial score (nSPS) is 12.0. The van der Waals surface area contributed by atoms with Crippen LogP contribution >= 0.6 is 0 Å². The molecule has 2 aromatic carbocycles. The highest BCUT2D eigenvalue weighted by molar-refractivity contribution is 5.91. The van der Waals surface area contributed by atoms with E-state index in [0.717, 1.165) is 34.4 Å². The Bertz CT molecular complexity index is 1040. The van der Waals surface area contributed by atoms with E-state index in [9.17, 15) is 4.79 Å². The molecule has 2 aromatic heterocycles. The second-order valence-corrected chi connectivity index (χ2v) is 6.18. The predicted octanol–water partition coefficient (Wildman–Crippen LogP) is 4.61. The van der Waals surface area contributed by atoms with Crippen LogP contribution < -0.4 is 5.32 Å². The van der Waals surface area contributed by atoms with E-state index in [4.69, 9.17) is 0 Å². The van der Waals surface area contributed by atoms with Crippen molar-refractivity contribution in [2.24, 2.45) is 0 Å². The van der Waals surface area contributed by atoms with Gasteiger partial charge in [0.15, 0.2) is 0 Å². The zero-order valence-corrected chi connectivity index (χ0v) is 14.3. The number of nitrogens with zero attached hydrogens (tertiary/aromatic N) is 2. The number of fused-ring (bicyclic) bond motifs is 1. The topological polar surface area (TPSA) is 70.7 Å². The molecule has 0 unspecified atom stereocenters. The summed E-state index contributed by atoms with van der Waals surface area (Å²) in [4.78, 5) is 22.9. The molecule has 128 valence electrons. The van der Waals surface area contributed by atoms with Gasteiger partial charge < -0.3 is 10.3 Å². The summed E-state index contributed by atoms with van der Waals surface area (Å²) < 4.78 is 0. The van der Waals surface area contributed by atoms with Crippen molar-refractivity contribution in [1.82, 2.24) is 15.0 Å². The SMILES string of the molecule is C[C@@H](Nc1ncnc2[nH]c(-c3ccc(C=O)cc3)cc12)c1ccccc1. The first-order valence-electron chi connectivity index (χ1n) is 8.45. The average molecular weight is 342 g/mol. The number of H-pyrrole nitrogens is 1. The van der Waals surface area contributed by atoms with Crippen molar-refractivity contribution in [1.29, 1.82) is 0 Å². The lowest BCUT2D eigenvalue weighted by Gasteiger charge is -2.15. The van der Waals surface area contributed by atoms with Gasteiger partial charge in [-0.25, -0.2) is 9.97 Å². The van der Waals surface area contributed by atoms with Crippen molar-refractivity contribution in [2.45, 2.75) is 13.0 Å². The van der Waals surface area contributed by atoms with Gasteiger partial charge in [0.25, 0.3) is 0 Å². The molecule has 0 bridgehead atoms. The maximum absolute atomic E-state index is 10.8. The molecular formula is C21H18N4O. The lowest BCUT2D eigenvalue weighted by Crippen LogP contribution is -2.08. The Labute approximate surface area is 151 Å². The third-order valence-electron chi connectivity index (χ3n) is 4.44. The van der Waals surface area contributed by atoms with E-state index in [0.29, 0.717) is 5.56 Å². The van der Waals surface area contributed by atoms with Gasteiger partial charge in [-0.2, -0.15) is 0 Å². The fourth-order valence-corrected chi connectivity index (χ4v) is 2.98. The molecule has 0 saturated carbocycles. The van der Waals surface area contributed by atoms with Crippen LogP contribution in [0.25, 0.3) is 22.3 Å². The summed E-state index contributed by atoms with van der Waals surface area (Å²) in [6.45, 7) is 2.11. The summed E-state index contributed by atoms with van der Waals surface area (Å²) in [6.07, 6.45) is 2.39. The number of hydrogen-bond donors (Lipinski definition) is 2. The lowest BCUT2D eigenvalue weighted by molar-refractivity contribution is 0.112. The van der Waals surface area contributed by atoms with Gasteiger partial charge in [0.05, 0.1) is 5.39 Å². The number of aldehydes is 1. The van der Waals surface area contributed by atoms with Crippen LogP contribution in [0.15, 0.2) is 67.0 Å². The number of carbonyl (C=O) groups is 1. The zero-order valence-electron chi connectivity index (χ0n) is 14.3. The highest BCUT2D eigenvalue weighted by Gasteiger charge is 2.12. The van der Waals surface area contributed by atoms with Gasteiger partial charge in [0, 0.05) is 17.3 Å². The van der Waals surface area contributed by atoms with Crippen molar-refractivity contribution in [3.8, 4) is 11.3 Å². The third kappa shape index (κ3) is 3.07. The lowest BCUT2D eigenvalue weighted by atomic mass is 10.1. The van der Waals surface area contributed by atoms with Crippen LogP contribution in [0.3, 0.4) is 0 Å². The number of rotatable bonds is 5. The number of aromatic amines is 1. The Morgan fingerprint density at radius 1 is 1.04 bits per heavy atom. The van der Waals surface area contributed by atoms with Gasteiger partial charge in [0.2, 0.25) is 0 Å². The second kappa shape index (κ2) is 6.80. The molecule has 0 aliphatic carbocycles. The van der Waals surface area contributed by atoms with Gasteiger partial charge in [-0.1, -0.05) is 54.6 Å². The van der Waals surface area contributed by atoms with Crippen LogP contribution in [0.2, 0.25) is 0 Å². The monoisotopic (exact) mass is 342 g/mol. The van der Waals surface area contributed by atoms with Crippen LogP contribution in [-0.2, 0) is 0 Å². The maximum Gasteiger partial charge on any atom is 0.150 e. The van der Waals surface area contributed by atoms with Crippen molar-refractivity contribution >= 4 is 23.1 Å². The fourth-order valence-electron chi connectivity index (χ4n) is 2.98. The predicted molar refractivity (Wildman–Crippen MR) is 103 cm³/mol. The molecule has 2 N–H and O–H groups in total. The standard InChI is InChI=1S/C21H18N4O/c1-14(16-5-3-2-4-6-16)24-20-18-11-19(25-21(18)23-13-22-20)17-9-7-15(12-26)8-10-17/h2-14H,1H3,(H2,22,23,24,25)/t14-/m1/s1. The molecule has 0 aliphatic heterocycles. The van der Waals surface area contributed by atoms with E-state index in [1.807, 2.05) is 36.4 Å². The third-order valence-corrected chi connectivity index (χ3v) is 4.44.